The van der Waals surface area contributed by atoms with E-state index in [4.69, 9.17) is 5.11 Å². The van der Waals surface area contributed by atoms with Gasteiger partial charge in [0.2, 0.25) is 0 Å². The van der Waals surface area contributed by atoms with Crippen LogP contribution in [0.15, 0.2) is 0 Å². The van der Waals surface area contributed by atoms with E-state index in [-0.39, 0.29) is 18.7 Å². The van der Waals surface area contributed by atoms with Crippen LogP contribution in [0.25, 0.3) is 0 Å². The maximum Gasteiger partial charge on any atom is 0.320 e. The second kappa shape index (κ2) is 6.92. The second-order valence-electron chi connectivity index (χ2n) is 5.75. The van der Waals surface area contributed by atoms with E-state index in [1.165, 1.54) is 4.90 Å². The molecule has 1 aliphatic rings. The van der Waals surface area contributed by atoms with Gasteiger partial charge in [-0.15, -0.1) is 0 Å². The summed E-state index contributed by atoms with van der Waals surface area (Å²) >= 11 is 0. The van der Waals surface area contributed by atoms with Crippen molar-refractivity contribution < 1.29 is 19.8 Å². The molecule has 2 amide bonds. The number of piperidine rings is 1. The normalized spacial score (nSPS) is 19.5. The van der Waals surface area contributed by atoms with Crippen molar-refractivity contribution in [2.24, 2.45) is 5.41 Å². The number of aliphatic hydroxyl groups excluding tert-OH is 1. The number of carboxylic acid groups (broad SMARTS) is 1. The van der Waals surface area contributed by atoms with E-state index in [0.29, 0.717) is 32.4 Å². The molecule has 0 radical (unpaired) electrons. The van der Waals surface area contributed by atoms with E-state index in [0.717, 1.165) is 6.42 Å². The number of aliphatic hydroxyl groups is 1. The van der Waals surface area contributed by atoms with Crippen molar-refractivity contribution >= 4 is 12.0 Å². The number of rotatable bonds is 5. The lowest BCUT2D eigenvalue weighted by atomic mass is 9.75. The Labute approximate surface area is 120 Å². The third-order valence-corrected chi connectivity index (χ3v) is 4.40. The van der Waals surface area contributed by atoms with E-state index in [2.05, 4.69) is 0 Å². The predicted octanol–water partition coefficient (Wildman–Crippen LogP) is 1.39. The molecule has 1 rings (SSSR count). The highest BCUT2D eigenvalue weighted by Crippen LogP contribution is 2.36. The van der Waals surface area contributed by atoms with Gasteiger partial charge < -0.3 is 20.0 Å². The lowest BCUT2D eigenvalue weighted by Crippen LogP contribution is -2.52. The van der Waals surface area contributed by atoms with Crippen LogP contribution >= 0.6 is 0 Å². The fourth-order valence-electron chi connectivity index (χ4n) is 2.71. The quantitative estimate of drug-likeness (QED) is 0.800. The van der Waals surface area contributed by atoms with Gasteiger partial charge in [0.05, 0.1) is 18.1 Å². The molecule has 1 heterocycles. The Morgan fingerprint density at radius 2 is 1.90 bits per heavy atom. The number of likely N-dealkylation sites (N-methyl/N-ethyl adjacent to an activating group) is 1. The summed E-state index contributed by atoms with van der Waals surface area (Å²) in [4.78, 5) is 26.9. The zero-order valence-corrected chi connectivity index (χ0v) is 12.6. The summed E-state index contributed by atoms with van der Waals surface area (Å²) in [5.74, 6) is -0.747. The molecular weight excluding hydrogens is 260 g/mol. The molecule has 0 saturated carbocycles. The lowest BCUT2D eigenvalue weighted by Gasteiger charge is -2.40. The number of carbonyl (C=O) groups excluding carboxylic acids is 1. The monoisotopic (exact) mass is 286 g/mol. The van der Waals surface area contributed by atoms with E-state index < -0.39 is 11.4 Å². The summed E-state index contributed by atoms with van der Waals surface area (Å²) in [6.45, 7) is 4.62. The number of carbonyl (C=O) groups is 2. The van der Waals surface area contributed by atoms with Gasteiger partial charge in [-0.05, 0) is 26.2 Å². The van der Waals surface area contributed by atoms with E-state index in [9.17, 15) is 14.7 Å². The second-order valence-corrected chi connectivity index (χ2v) is 5.75. The first-order valence-corrected chi connectivity index (χ1v) is 7.24. The maximum atomic E-state index is 12.2. The van der Waals surface area contributed by atoms with Crippen molar-refractivity contribution in [3.8, 4) is 0 Å². The number of hydrogen-bond acceptors (Lipinski definition) is 3. The molecule has 116 valence electrons. The van der Waals surface area contributed by atoms with Crippen molar-refractivity contribution in [3.05, 3.63) is 0 Å². The fraction of sp³-hybridized carbons (Fsp3) is 0.857. The average molecular weight is 286 g/mol. The fourth-order valence-corrected chi connectivity index (χ4v) is 2.71. The molecular formula is C14H26N2O4. The molecule has 6 heteroatoms. The first-order chi connectivity index (χ1) is 9.38. The number of hydrogen-bond donors (Lipinski definition) is 2. The molecule has 2 N–H and O–H groups in total. The molecule has 6 nitrogen and oxygen atoms in total. The number of carboxylic acids is 1. The summed E-state index contributed by atoms with van der Waals surface area (Å²) in [6, 6.07) is -0.369. The molecule has 0 spiro atoms. The molecule has 0 aliphatic carbocycles. The maximum absolute atomic E-state index is 12.2. The Bertz CT molecular complexity index is 351. The molecule has 1 saturated heterocycles. The molecule has 1 unspecified atom stereocenters. The Balaban J connectivity index is 2.65. The average Bonchev–Trinajstić information content (AvgIpc) is 2.45. The van der Waals surface area contributed by atoms with Gasteiger partial charge in [0.15, 0.2) is 0 Å². The van der Waals surface area contributed by atoms with Crippen molar-refractivity contribution in [1.29, 1.82) is 0 Å². The van der Waals surface area contributed by atoms with Crippen LogP contribution in [0.3, 0.4) is 0 Å². The Morgan fingerprint density at radius 1 is 1.35 bits per heavy atom. The van der Waals surface area contributed by atoms with Crippen LogP contribution in [0.2, 0.25) is 0 Å². The third-order valence-electron chi connectivity index (χ3n) is 4.40. The third kappa shape index (κ3) is 3.42. The van der Waals surface area contributed by atoms with Gasteiger partial charge >= 0.3 is 12.0 Å². The van der Waals surface area contributed by atoms with E-state index in [1.54, 1.807) is 18.9 Å². The summed E-state index contributed by atoms with van der Waals surface area (Å²) in [6.07, 6.45) is 2.50. The summed E-state index contributed by atoms with van der Waals surface area (Å²) < 4.78 is 0. The van der Waals surface area contributed by atoms with Crippen molar-refractivity contribution in [2.45, 2.75) is 45.6 Å². The van der Waals surface area contributed by atoms with Crippen molar-refractivity contribution in [3.63, 3.8) is 0 Å². The highest BCUT2D eigenvalue weighted by molar-refractivity contribution is 5.77. The van der Waals surface area contributed by atoms with Crippen molar-refractivity contribution in [1.82, 2.24) is 9.80 Å². The Kier molecular flexibility index (Phi) is 5.80. The first kappa shape index (κ1) is 16.8. The minimum atomic E-state index is -0.747. The predicted molar refractivity (Wildman–Crippen MR) is 75.5 cm³/mol. The Hall–Kier alpha value is -1.30. The first-order valence-electron chi connectivity index (χ1n) is 7.24. The molecule has 1 aliphatic heterocycles. The van der Waals surface area contributed by atoms with Crippen LogP contribution in [-0.4, -0.2) is 64.8 Å². The summed E-state index contributed by atoms with van der Waals surface area (Å²) in [5, 5.41) is 18.5. The van der Waals surface area contributed by atoms with Crippen LogP contribution in [0.1, 0.15) is 39.5 Å². The smallest absolute Gasteiger partial charge is 0.320 e. The topological polar surface area (TPSA) is 81.1 Å². The van der Waals surface area contributed by atoms with E-state index in [1.807, 2.05) is 6.92 Å². The zero-order valence-electron chi connectivity index (χ0n) is 12.6. The van der Waals surface area contributed by atoms with Gasteiger partial charge in [-0.1, -0.05) is 13.3 Å². The molecule has 20 heavy (non-hydrogen) atoms. The number of nitrogens with zero attached hydrogens (tertiary/aromatic N) is 2. The van der Waals surface area contributed by atoms with Crippen molar-refractivity contribution in [2.75, 3.05) is 26.7 Å². The number of amides is 2. The molecule has 0 aromatic carbocycles. The number of urea groups is 1. The van der Waals surface area contributed by atoms with Crippen LogP contribution < -0.4 is 0 Å². The summed E-state index contributed by atoms with van der Waals surface area (Å²) in [7, 11) is 1.66. The Morgan fingerprint density at radius 3 is 2.30 bits per heavy atom. The van der Waals surface area contributed by atoms with Crippen LogP contribution in [-0.2, 0) is 4.79 Å². The van der Waals surface area contributed by atoms with Gasteiger partial charge in [0.1, 0.15) is 0 Å². The molecule has 0 aromatic heterocycles. The van der Waals surface area contributed by atoms with Crippen LogP contribution in [0.5, 0.6) is 0 Å². The highest BCUT2D eigenvalue weighted by atomic mass is 16.4. The number of aliphatic carboxylic acids is 1. The van der Waals surface area contributed by atoms with Crippen LogP contribution in [0.4, 0.5) is 4.79 Å². The van der Waals surface area contributed by atoms with Gasteiger partial charge in [-0.2, -0.15) is 0 Å². The molecule has 0 bridgehead atoms. The van der Waals surface area contributed by atoms with Gasteiger partial charge in [-0.3, -0.25) is 4.79 Å². The molecule has 1 fully saturated rings. The zero-order chi connectivity index (χ0) is 15.3. The highest BCUT2D eigenvalue weighted by Gasteiger charge is 2.42. The summed E-state index contributed by atoms with van der Waals surface area (Å²) in [5.41, 5.74) is -0.674. The lowest BCUT2D eigenvalue weighted by molar-refractivity contribution is -0.152. The molecule has 0 aromatic rings. The van der Waals surface area contributed by atoms with Gasteiger partial charge in [0, 0.05) is 20.1 Å². The minimum Gasteiger partial charge on any atom is -0.481 e. The van der Waals surface area contributed by atoms with E-state index >= 15 is 0 Å². The van der Waals surface area contributed by atoms with Crippen LogP contribution in [0, 0.1) is 5.41 Å². The van der Waals surface area contributed by atoms with Gasteiger partial charge in [-0.25, -0.2) is 4.79 Å². The largest absolute Gasteiger partial charge is 0.481 e. The minimum absolute atomic E-state index is 0.0784. The number of likely N-dealkylation sites (tertiary alicyclic amines) is 1. The standard InChI is InChI=1S/C14H26N2O4/c1-4-5-14(12(18)19)6-8-16(9-7-14)13(20)15(3)11(2)10-17/h11,17H,4-10H2,1-3H3,(H,18,19). The van der Waals surface area contributed by atoms with Gasteiger partial charge in [0.25, 0.3) is 0 Å². The molecule has 1 atom stereocenters. The SMILES string of the molecule is CCCC1(C(=O)O)CCN(C(=O)N(C)C(C)CO)CC1.